The highest BCUT2D eigenvalue weighted by Gasteiger charge is 2.01. The van der Waals surface area contributed by atoms with Crippen molar-refractivity contribution in [3.05, 3.63) is 77.9 Å². The molecule has 0 spiro atoms. The lowest BCUT2D eigenvalue weighted by Crippen LogP contribution is -2.01. The van der Waals surface area contributed by atoms with Gasteiger partial charge in [-0.1, -0.05) is 48.5 Å². The van der Waals surface area contributed by atoms with Crippen LogP contribution in [0.3, 0.4) is 0 Å². The Labute approximate surface area is 140 Å². The Morgan fingerprint density at radius 2 is 1.78 bits per heavy atom. The van der Waals surface area contributed by atoms with Crippen LogP contribution in [0.5, 0.6) is 5.75 Å². The van der Waals surface area contributed by atoms with E-state index >= 15 is 0 Å². The van der Waals surface area contributed by atoms with Crippen molar-refractivity contribution in [1.82, 2.24) is 0 Å². The smallest absolute Gasteiger partial charge is 0.127 e. The van der Waals surface area contributed by atoms with Crippen LogP contribution in [0.25, 0.3) is 10.8 Å². The van der Waals surface area contributed by atoms with Crippen LogP contribution in [0.4, 0.5) is 0 Å². The second-order valence-corrected chi connectivity index (χ2v) is 6.30. The molecule has 0 aliphatic rings. The summed E-state index contributed by atoms with van der Waals surface area (Å²) < 4.78 is 5.93. The van der Waals surface area contributed by atoms with Gasteiger partial charge in [-0.15, -0.1) is 0 Å². The first-order chi connectivity index (χ1) is 11.4. The number of thioether (sulfide) groups is 1. The molecular weight excluding hydrogens is 302 g/mol. The quantitative estimate of drug-likeness (QED) is 0.598. The van der Waals surface area contributed by atoms with E-state index in [9.17, 15) is 0 Å². The molecule has 114 valence electrons. The third-order valence-electron chi connectivity index (χ3n) is 3.56. The van der Waals surface area contributed by atoms with Crippen molar-refractivity contribution in [2.24, 2.45) is 0 Å². The van der Waals surface area contributed by atoms with Crippen molar-refractivity contribution >= 4 is 22.5 Å². The molecule has 0 atom stereocenters. The fourth-order valence-corrected chi connectivity index (χ4v) is 3.21. The summed E-state index contributed by atoms with van der Waals surface area (Å²) in [6.07, 6.45) is 0. The normalized spacial score (nSPS) is 10.4. The number of nitriles is 1. The summed E-state index contributed by atoms with van der Waals surface area (Å²) in [4.78, 5) is 0. The molecule has 3 aromatic rings. The summed E-state index contributed by atoms with van der Waals surface area (Å²) in [5.74, 6) is 2.75. The van der Waals surface area contributed by atoms with Gasteiger partial charge >= 0.3 is 0 Å². The van der Waals surface area contributed by atoms with Gasteiger partial charge in [0.2, 0.25) is 0 Å². The van der Waals surface area contributed by atoms with Gasteiger partial charge in [-0.25, -0.2) is 0 Å². The highest BCUT2D eigenvalue weighted by Crippen LogP contribution is 2.25. The van der Waals surface area contributed by atoms with Gasteiger partial charge in [-0.3, -0.25) is 0 Å². The average molecular weight is 319 g/mol. The fourth-order valence-electron chi connectivity index (χ4n) is 2.45. The van der Waals surface area contributed by atoms with Gasteiger partial charge in [0.25, 0.3) is 0 Å². The molecule has 0 bridgehead atoms. The van der Waals surface area contributed by atoms with E-state index in [2.05, 4.69) is 30.3 Å². The molecule has 0 unspecified atom stereocenters. The number of rotatable bonds is 6. The Balaban J connectivity index is 1.50. The third-order valence-corrected chi connectivity index (χ3v) is 4.55. The molecule has 3 aromatic carbocycles. The highest BCUT2D eigenvalue weighted by atomic mass is 32.2. The average Bonchev–Trinajstić information content (AvgIpc) is 2.62. The maximum atomic E-state index is 8.91. The molecule has 0 radical (unpaired) electrons. The van der Waals surface area contributed by atoms with Crippen molar-refractivity contribution in [2.45, 2.75) is 5.75 Å². The maximum absolute atomic E-state index is 8.91. The molecule has 0 saturated carbocycles. The van der Waals surface area contributed by atoms with Gasteiger partial charge in [-0.2, -0.15) is 17.0 Å². The molecule has 0 fully saturated rings. The van der Waals surface area contributed by atoms with E-state index in [0.717, 1.165) is 28.2 Å². The van der Waals surface area contributed by atoms with Crippen LogP contribution in [0.1, 0.15) is 11.1 Å². The lowest BCUT2D eigenvalue weighted by atomic mass is 10.1. The van der Waals surface area contributed by atoms with Crippen LogP contribution in [0.2, 0.25) is 0 Å². The molecule has 0 heterocycles. The molecular formula is C20H17NOS. The lowest BCUT2D eigenvalue weighted by Gasteiger charge is -2.09. The molecule has 0 saturated heterocycles. The van der Waals surface area contributed by atoms with Crippen molar-refractivity contribution in [3.63, 3.8) is 0 Å². The van der Waals surface area contributed by atoms with E-state index in [1.54, 1.807) is 0 Å². The second kappa shape index (κ2) is 7.71. The summed E-state index contributed by atoms with van der Waals surface area (Å²) in [7, 11) is 0. The molecule has 0 aliphatic carbocycles. The van der Waals surface area contributed by atoms with Gasteiger partial charge in [0.1, 0.15) is 5.75 Å². The van der Waals surface area contributed by atoms with Crippen molar-refractivity contribution in [1.29, 1.82) is 5.26 Å². The fraction of sp³-hybridized carbons (Fsp3) is 0.150. The van der Waals surface area contributed by atoms with E-state index in [4.69, 9.17) is 10.00 Å². The number of ether oxygens (including phenoxy) is 1. The standard InChI is InChI=1S/C20H17NOS/c21-14-16-5-3-6-17(13-16)15-23-12-11-22-20-10-4-8-18-7-1-2-9-19(18)20/h1-10,13H,11-12,15H2. The summed E-state index contributed by atoms with van der Waals surface area (Å²) in [5, 5.41) is 11.3. The molecule has 0 N–H and O–H groups in total. The van der Waals surface area contributed by atoms with Crippen molar-refractivity contribution in [2.75, 3.05) is 12.4 Å². The summed E-state index contributed by atoms with van der Waals surface area (Å²) >= 11 is 1.82. The monoisotopic (exact) mass is 319 g/mol. The predicted molar refractivity (Wildman–Crippen MR) is 96.8 cm³/mol. The highest BCUT2D eigenvalue weighted by molar-refractivity contribution is 7.98. The first-order valence-corrected chi connectivity index (χ1v) is 8.69. The number of fused-ring (bicyclic) bond motifs is 1. The number of nitrogens with zero attached hydrogens (tertiary/aromatic N) is 1. The summed E-state index contributed by atoms with van der Waals surface area (Å²) in [6, 6.07) is 24.3. The predicted octanol–water partition coefficient (Wildman–Crippen LogP) is 5.02. The second-order valence-electron chi connectivity index (χ2n) is 5.19. The number of benzene rings is 3. The van der Waals surface area contributed by atoms with E-state index in [1.165, 1.54) is 10.9 Å². The van der Waals surface area contributed by atoms with Crippen LogP contribution >= 0.6 is 11.8 Å². The number of hydrogen-bond donors (Lipinski definition) is 0. The third kappa shape index (κ3) is 4.06. The van der Waals surface area contributed by atoms with Crippen molar-refractivity contribution in [3.8, 4) is 11.8 Å². The minimum atomic E-state index is 0.677. The van der Waals surface area contributed by atoms with E-state index in [-0.39, 0.29) is 0 Å². The Morgan fingerprint density at radius 3 is 2.70 bits per heavy atom. The molecule has 3 heteroatoms. The largest absolute Gasteiger partial charge is 0.492 e. The van der Waals surface area contributed by atoms with Crippen LogP contribution < -0.4 is 4.74 Å². The van der Waals surface area contributed by atoms with Gasteiger partial charge < -0.3 is 4.74 Å². The minimum Gasteiger partial charge on any atom is -0.492 e. The Morgan fingerprint density at radius 1 is 0.957 bits per heavy atom. The zero-order valence-electron chi connectivity index (χ0n) is 12.7. The van der Waals surface area contributed by atoms with Crippen LogP contribution in [-0.4, -0.2) is 12.4 Å². The Bertz CT molecular complexity index is 833. The van der Waals surface area contributed by atoms with E-state index < -0.39 is 0 Å². The summed E-state index contributed by atoms with van der Waals surface area (Å²) in [5.41, 5.74) is 1.90. The van der Waals surface area contributed by atoms with Gasteiger partial charge in [0.15, 0.2) is 0 Å². The molecule has 0 aliphatic heterocycles. The van der Waals surface area contributed by atoms with E-state index in [0.29, 0.717) is 6.61 Å². The Kier molecular flexibility index (Phi) is 5.18. The molecule has 2 nitrogen and oxygen atoms in total. The van der Waals surface area contributed by atoms with Gasteiger partial charge in [-0.05, 0) is 29.1 Å². The molecule has 3 rings (SSSR count). The summed E-state index contributed by atoms with van der Waals surface area (Å²) in [6.45, 7) is 0.677. The molecule has 0 aromatic heterocycles. The zero-order valence-corrected chi connectivity index (χ0v) is 13.6. The molecule has 23 heavy (non-hydrogen) atoms. The van der Waals surface area contributed by atoms with Crippen LogP contribution in [-0.2, 0) is 5.75 Å². The first-order valence-electron chi connectivity index (χ1n) is 7.54. The first kappa shape index (κ1) is 15.5. The molecule has 0 amide bonds. The number of hydrogen-bond acceptors (Lipinski definition) is 3. The van der Waals surface area contributed by atoms with Gasteiger partial charge in [0.05, 0.1) is 18.2 Å². The lowest BCUT2D eigenvalue weighted by molar-refractivity contribution is 0.348. The minimum absolute atomic E-state index is 0.677. The van der Waals surface area contributed by atoms with Crippen LogP contribution in [0, 0.1) is 11.3 Å². The SMILES string of the molecule is N#Cc1cccc(CSCCOc2cccc3ccccc23)c1. The Hall–Kier alpha value is -2.44. The van der Waals surface area contributed by atoms with E-state index in [1.807, 2.05) is 54.2 Å². The zero-order chi connectivity index (χ0) is 15.9. The maximum Gasteiger partial charge on any atom is 0.127 e. The van der Waals surface area contributed by atoms with Crippen LogP contribution in [0.15, 0.2) is 66.7 Å². The van der Waals surface area contributed by atoms with Gasteiger partial charge in [0, 0.05) is 16.9 Å². The van der Waals surface area contributed by atoms with Crippen molar-refractivity contribution < 1.29 is 4.74 Å². The topological polar surface area (TPSA) is 33.0 Å².